The van der Waals surface area contributed by atoms with E-state index < -0.39 is 5.76 Å². The second-order valence-electron chi connectivity index (χ2n) is 3.58. The Morgan fingerprint density at radius 3 is 2.62 bits per heavy atom. The van der Waals surface area contributed by atoms with E-state index >= 15 is 0 Å². The molecule has 1 aromatic carbocycles. The lowest BCUT2D eigenvalue weighted by atomic mass is 10.3. The molecule has 1 heterocycles. The molecule has 0 aromatic heterocycles. The van der Waals surface area contributed by atoms with Crippen molar-refractivity contribution in [2.45, 2.75) is 23.2 Å². The Morgan fingerprint density at radius 2 is 2.06 bits per heavy atom. The number of hydrogen-bond donors (Lipinski definition) is 1. The predicted octanol–water partition coefficient (Wildman–Crippen LogP) is 2.74. The SMILES string of the molecule is FC(F)Sc1ccc(OC2CCNC2)cc1. The zero-order valence-corrected chi connectivity index (χ0v) is 9.47. The fourth-order valence-corrected chi connectivity index (χ4v) is 2.12. The zero-order valence-electron chi connectivity index (χ0n) is 8.66. The molecular weight excluding hydrogens is 232 g/mol. The van der Waals surface area contributed by atoms with Gasteiger partial charge in [-0.05, 0) is 37.2 Å². The predicted molar refractivity (Wildman–Crippen MR) is 60.2 cm³/mol. The molecule has 1 unspecified atom stereocenters. The van der Waals surface area contributed by atoms with Crippen LogP contribution in [0.5, 0.6) is 5.75 Å². The van der Waals surface area contributed by atoms with Crippen molar-refractivity contribution in [2.24, 2.45) is 0 Å². The van der Waals surface area contributed by atoms with E-state index in [1.807, 2.05) is 0 Å². The van der Waals surface area contributed by atoms with Crippen LogP contribution in [0, 0.1) is 0 Å². The Hall–Kier alpha value is -0.810. The minimum atomic E-state index is -2.37. The standard InChI is InChI=1S/C11H13F2NOS/c12-11(13)16-10-3-1-8(2-4-10)15-9-5-6-14-7-9/h1-4,9,11,14H,5-7H2. The van der Waals surface area contributed by atoms with Crippen molar-refractivity contribution < 1.29 is 13.5 Å². The van der Waals surface area contributed by atoms with E-state index in [0.717, 1.165) is 25.3 Å². The first-order valence-electron chi connectivity index (χ1n) is 5.16. The third kappa shape index (κ3) is 3.35. The van der Waals surface area contributed by atoms with E-state index in [-0.39, 0.29) is 6.10 Å². The molecule has 1 aliphatic heterocycles. The summed E-state index contributed by atoms with van der Waals surface area (Å²) in [5.41, 5.74) is 0. The number of rotatable bonds is 4. The summed E-state index contributed by atoms with van der Waals surface area (Å²) < 4.78 is 29.8. The molecule has 0 spiro atoms. The molecule has 5 heteroatoms. The normalized spacial score (nSPS) is 20.3. The molecule has 2 nitrogen and oxygen atoms in total. The molecule has 0 radical (unpaired) electrons. The van der Waals surface area contributed by atoms with Gasteiger partial charge in [-0.3, -0.25) is 0 Å². The number of alkyl halides is 2. The van der Waals surface area contributed by atoms with Crippen LogP contribution in [0.4, 0.5) is 8.78 Å². The van der Waals surface area contributed by atoms with Crippen molar-refractivity contribution in [3.8, 4) is 5.75 Å². The minimum absolute atomic E-state index is 0.202. The fourth-order valence-electron chi connectivity index (χ4n) is 1.62. The fraction of sp³-hybridized carbons (Fsp3) is 0.455. The van der Waals surface area contributed by atoms with Crippen LogP contribution in [-0.2, 0) is 0 Å². The summed E-state index contributed by atoms with van der Waals surface area (Å²) >= 11 is 0.549. The smallest absolute Gasteiger partial charge is 0.288 e. The van der Waals surface area contributed by atoms with Gasteiger partial charge < -0.3 is 10.1 Å². The summed E-state index contributed by atoms with van der Waals surface area (Å²) in [6.45, 7) is 1.83. The van der Waals surface area contributed by atoms with Gasteiger partial charge in [-0.2, -0.15) is 8.78 Å². The quantitative estimate of drug-likeness (QED) is 0.824. The summed E-state index contributed by atoms with van der Waals surface area (Å²) in [5, 5.41) is 3.20. The van der Waals surface area contributed by atoms with Crippen LogP contribution in [0.2, 0.25) is 0 Å². The lowest BCUT2D eigenvalue weighted by molar-refractivity contribution is 0.223. The maximum atomic E-state index is 12.1. The van der Waals surface area contributed by atoms with Crippen molar-refractivity contribution in [2.75, 3.05) is 13.1 Å². The van der Waals surface area contributed by atoms with E-state index in [1.54, 1.807) is 24.3 Å². The highest BCUT2D eigenvalue weighted by molar-refractivity contribution is 7.99. The summed E-state index contributed by atoms with van der Waals surface area (Å²) in [4.78, 5) is 0.562. The van der Waals surface area contributed by atoms with Crippen LogP contribution < -0.4 is 10.1 Å². The summed E-state index contributed by atoms with van der Waals surface area (Å²) in [6, 6.07) is 6.80. The number of thioether (sulfide) groups is 1. The van der Waals surface area contributed by atoms with E-state index in [1.165, 1.54) is 0 Å². The first-order chi connectivity index (χ1) is 7.74. The summed E-state index contributed by atoms with van der Waals surface area (Å²) in [7, 11) is 0. The van der Waals surface area contributed by atoms with Crippen molar-refractivity contribution >= 4 is 11.8 Å². The van der Waals surface area contributed by atoms with Crippen LogP contribution in [0.25, 0.3) is 0 Å². The number of halogens is 2. The van der Waals surface area contributed by atoms with E-state index in [2.05, 4.69) is 5.32 Å². The first-order valence-corrected chi connectivity index (χ1v) is 6.04. The first kappa shape index (κ1) is 11.7. The molecule has 1 aliphatic rings. The van der Waals surface area contributed by atoms with Gasteiger partial charge in [0.15, 0.2) is 0 Å². The lowest BCUT2D eigenvalue weighted by Crippen LogP contribution is -2.19. The van der Waals surface area contributed by atoms with Gasteiger partial charge in [0.2, 0.25) is 0 Å². The lowest BCUT2D eigenvalue weighted by Gasteiger charge is -2.12. The molecule has 88 valence electrons. The zero-order chi connectivity index (χ0) is 11.4. The van der Waals surface area contributed by atoms with Gasteiger partial charge in [-0.1, -0.05) is 11.8 Å². The van der Waals surface area contributed by atoms with Crippen molar-refractivity contribution in [1.29, 1.82) is 0 Å². The van der Waals surface area contributed by atoms with Crippen LogP contribution >= 0.6 is 11.8 Å². The molecule has 1 N–H and O–H groups in total. The number of nitrogens with one attached hydrogen (secondary N) is 1. The second-order valence-corrected chi connectivity index (χ2v) is 4.65. The number of benzene rings is 1. The second kappa shape index (κ2) is 5.50. The summed E-state index contributed by atoms with van der Waals surface area (Å²) in [6.07, 6.45) is 1.20. The topological polar surface area (TPSA) is 21.3 Å². The molecule has 0 aliphatic carbocycles. The largest absolute Gasteiger partial charge is 0.489 e. The van der Waals surface area contributed by atoms with E-state index in [9.17, 15) is 8.78 Å². The number of ether oxygens (including phenoxy) is 1. The van der Waals surface area contributed by atoms with Crippen LogP contribution in [0.1, 0.15) is 6.42 Å². The maximum absolute atomic E-state index is 12.1. The average molecular weight is 245 g/mol. The Balaban J connectivity index is 1.90. The third-order valence-electron chi connectivity index (χ3n) is 2.37. The van der Waals surface area contributed by atoms with Crippen LogP contribution in [0.15, 0.2) is 29.2 Å². The molecule has 0 bridgehead atoms. The van der Waals surface area contributed by atoms with Crippen molar-refractivity contribution in [1.82, 2.24) is 5.32 Å². The van der Waals surface area contributed by atoms with Crippen LogP contribution in [0.3, 0.4) is 0 Å². The van der Waals surface area contributed by atoms with Gasteiger partial charge in [0.25, 0.3) is 5.76 Å². The molecular formula is C11H13F2NOS. The molecule has 0 saturated carbocycles. The van der Waals surface area contributed by atoms with Gasteiger partial charge in [0.1, 0.15) is 11.9 Å². The molecule has 16 heavy (non-hydrogen) atoms. The van der Waals surface area contributed by atoms with Crippen LogP contribution in [-0.4, -0.2) is 25.0 Å². The third-order valence-corrected chi connectivity index (χ3v) is 3.09. The molecule has 1 atom stereocenters. The molecule has 1 saturated heterocycles. The van der Waals surface area contributed by atoms with Crippen molar-refractivity contribution in [3.63, 3.8) is 0 Å². The number of hydrogen-bond acceptors (Lipinski definition) is 3. The summed E-state index contributed by atoms with van der Waals surface area (Å²) in [5.74, 6) is -1.63. The highest BCUT2D eigenvalue weighted by Crippen LogP contribution is 2.27. The highest BCUT2D eigenvalue weighted by Gasteiger charge is 2.15. The van der Waals surface area contributed by atoms with Gasteiger partial charge in [-0.25, -0.2) is 0 Å². The molecule has 1 aromatic rings. The minimum Gasteiger partial charge on any atom is -0.489 e. The van der Waals surface area contributed by atoms with Gasteiger partial charge >= 0.3 is 0 Å². The Labute approximate surface area is 97.4 Å². The highest BCUT2D eigenvalue weighted by atomic mass is 32.2. The molecule has 2 rings (SSSR count). The maximum Gasteiger partial charge on any atom is 0.288 e. The average Bonchev–Trinajstić information content (AvgIpc) is 2.73. The van der Waals surface area contributed by atoms with Crippen molar-refractivity contribution in [3.05, 3.63) is 24.3 Å². The monoisotopic (exact) mass is 245 g/mol. The van der Waals surface area contributed by atoms with E-state index in [4.69, 9.17) is 4.74 Å². The molecule has 0 amide bonds. The van der Waals surface area contributed by atoms with E-state index in [0.29, 0.717) is 16.7 Å². The Morgan fingerprint density at radius 1 is 1.31 bits per heavy atom. The molecule has 1 fully saturated rings. The Kier molecular flexibility index (Phi) is 4.01. The van der Waals surface area contributed by atoms with Gasteiger partial charge in [0, 0.05) is 11.4 Å². The van der Waals surface area contributed by atoms with Gasteiger partial charge in [-0.15, -0.1) is 0 Å². The Bertz CT molecular complexity index is 325. The van der Waals surface area contributed by atoms with Gasteiger partial charge in [0.05, 0.1) is 0 Å².